The number of aliphatic hydroxyl groups excluding tert-OH is 1. The van der Waals surface area contributed by atoms with Crippen molar-refractivity contribution >= 4 is 39.5 Å². The van der Waals surface area contributed by atoms with Gasteiger partial charge in [0.1, 0.15) is 19.3 Å². The highest BCUT2D eigenvalue weighted by molar-refractivity contribution is 7.47. The first kappa shape index (κ1) is 99.1. The number of phosphoric acid groups is 2. The predicted molar refractivity (Wildman–Crippen MR) is 414 cm³/mol. The summed E-state index contributed by atoms with van der Waals surface area (Å²) in [6.45, 7) is 7.38. The molecule has 0 rings (SSSR count). The Kier molecular flexibility index (Phi) is 73.5. The Morgan fingerprint density at radius 2 is 0.475 bits per heavy atom. The van der Waals surface area contributed by atoms with Crippen LogP contribution in [0.2, 0.25) is 0 Å². The van der Waals surface area contributed by atoms with Gasteiger partial charge in [0, 0.05) is 25.7 Å². The lowest BCUT2D eigenvalue weighted by Gasteiger charge is -2.21. The van der Waals surface area contributed by atoms with Gasteiger partial charge in [-0.25, -0.2) is 9.13 Å². The lowest BCUT2D eigenvalue weighted by atomic mass is 9.99. The summed E-state index contributed by atoms with van der Waals surface area (Å²) >= 11 is 0. The summed E-state index contributed by atoms with van der Waals surface area (Å²) in [6.07, 6.45) is 66.5. The number of phosphoric ester groups is 2. The number of carbonyl (C=O) groups excluding carboxylic acids is 4. The van der Waals surface area contributed by atoms with Crippen LogP contribution >= 0.6 is 15.6 Å². The molecule has 0 spiro atoms. The van der Waals surface area contributed by atoms with E-state index in [2.05, 4.69) is 34.6 Å². The highest BCUT2D eigenvalue weighted by Gasteiger charge is 2.30. The van der Waals surface area contributed by atoms with Crippen molar-refractivity contribution in [3.63, 3.8) is 0 Å². The minimum absolute atomic E-state index is 0.109. The minimum Gasteiger partial charge on any atom is -0.462 e. The Hall–Kier alpha value is -1.94. The molecule has 0 aliphatic heterocycles. The zero-order valence-electron chi connectivity index (χ0n) is 66.1. The van der Waals surface area contributed by atoms with Gasteiger partial charge in [-0.05, 0) is 31.6 Å². The maximum Gasteiger partial charge on any atom is 0.472 e. The van der Waals surface area contributed by atoms with Gasteiger partial charge in [0.25, 0.3) is 0 Å². The lowest BCUT2D eigenvalue weighted by Crippen LogP contribution is -2.30. The highest BCUT2D eigenvalue weighted by atomic mass is 31.2. The number of hydrogen-bond acceptors (Lipinski definition) is 15. The van der Waals surface area contributed by atoms with Crippen LogP contribution < -0.4 is 0 Å². The molecule has 6 atom stereocenters. The molecule has 600 valence electrons. The van der Waals surface area contributed by atoms with E-state index in [4.69, 9.17) is 37.0 Å². The Balaban J connectivity index is 5.22. The van der Waals surface area contributed by atoms with Crippen LogP contribution in [0.4, 0.5) is 0 Å². The van der Waals surface area contributed by atoms with Crippen molar-refractivity contribution in [1.82, 2.24) is 0 Å². The third-order valence-corrected chi connectivity index (χ3v) is 21.5. The van der Waals surface area contributed by atoms with Gasteiger partial charge in [-0.1, -0.05) is 388 Å². The van der Waals surface area contributed by atoms with Gasteiger partial charge in [0.05, 0.1) is 26.4 Å². The van der Waals surface area contributed by atoms with Crippen LogP contribution in [0.15, 0.2) is 0 Å². The van der Waals surface area contributed by atoms with Gasteiger partial charge in [0.2, 0.25) is 0 Å². The number of aliphatic hydroxyl groups is 1. The maximum absolute atomic E-state index is 13.1. The summed E-state index contributed by atoms with van der Waals surface area (Å²) in [5.74, 6) is -1.26. The monoisotopic (exact) mass is 1480 g/mol. The number of unbranched alkanes of at least 4 members (excludes halogenated alkanes) is 53. The minimum atomic E-state index is -4.96. The fraction of sp³-hybridized carbons (Fsp3) is 0.951. The first-order chi connectivity index (χ1) is 49.1. The molecule has 0 radical (unpaired) electrons. The zero-order chi connectivity index (χ0) is 74.1. The molecule has 101 heavy (non-hydrogen) atoms. The van der Waals surface area contributed by atoms with Gasteiger partial charge in [0.15, 0.2) is 12.2 Å². The molecule has 19 heteroatoms. The van der Waals surface area contributed by atoms with Crippen LogP contribution in [0, 0.1) is 5.92 Å². The van der Waals surface area contributed by atoms with E-state index in [0.29, 0.717) is 25.7 Å². The van der Waals surface area contributed by atoms with Crippen molar-refractivity contribution in [3.05, 3.63) is 0 Å². The van der Waals surface area contributed by atoms with E-state index in [9.17, 15) is 43.2 Å². The molecule has 0 aromatic carbocycles. The quantitative estimate of drug-likeness (QED) is 0.0222. The first-order valence-electron chi connectivity index (χ1n) is 42.7. The number of hydrogen-bond donors (Lipinski definition) is 3. The largest absolute Gasteiger partial charge is 0.472 e. The van der Waals surface area contributed by atoms with Gasteiger partial charge >= 0.3 is 39.5 Å². The molecule has 0 aliphatic rings. The molecule has 0 amide bonds. The van der Waals surface area contributed by atoms with E-state index in [-0.39, 0.29) is 25.7 Å². The van der Waals surface area contributed by atoms with Crippen LogP contribution in [0.5, 0.6) is 0 Å². The second-order valence-electron chi connectivity index (χ2n) is 29.8. The summed E-state index contributed by atoms with van der Waals surface area (Å²) in [5, 5.41) is 10.6. The van der Waals surface area contributed by atoms with Gasteiger partial charge in [-0.3, -0.25) is 37.3 Å². The summed E-state index contributed by atoms with van der Waals surface area (Å²) in [6, 6.07) is 0. The van der Waals surface area contributed by atoms with Gasteiger partial charge in [-0.2, -0.15) is 0 Å². The molecule has 0 aromatic heterocycles. The molecule has 0 aromatic rings. The molecular formula is C82H160O17P2. The standard InChI is InChI=1S/C82H160O17P2/c1-6-10-13-16-19-22-24-26-28-30-32-37-41-46-51-56-61-66-80(85)93-72-78(99-82(87)68-63-58-53-48-43-39-35-34-36-40-45-49-54-59-64-75(5)9-4)74-97-101(90,91)95-70-76(83)69-94-100(88,89)96-73-77(71-92-79(84)65-60-55-50-44-21-18-15-12-8-3)98-81(86)67-62-57-52-47-42-38-33-31-29-27-25-23-20-17-14-11-7-2/h75-78,83H,6-74H2,1-5H3,(H,88,89)(H,90,91)/t75?,76-,77+,78+/m0/s1. The first-order valence-corrected chi connectivity index (χ1v) is 45.7. The summed E-state index contributed by atoms with van der Waals surface area (Å²) in [5.41, 5.74) is 0. The van der Waals surface area contributed by atoms with Crippen molar-refractivity contribution in [2.45, 2.75) is 457 Å². The molecule has 0 heterocycles. The number of esters is 4. The molecule has 0 fully saturated rings. The number of rotatable bonds is 82. The maximum atomic E-state index is 13.1. The molecule has 17 nitrogen and oxygen atoms in total. The Morgan fingerprint density at radius 1 is 0.277 bits per heavy atom. The van der Waals surface area contributed by atoms with Crippen molar-refractivity contribution in [3.8, 4) is 0 Å². The van der Waals surface area contributed by atoms with Gasteiger partial charge < -0.3 is 33.8 Å². The fourth-order valence-corrected chi connectivity index (χ4v) is 14.3. The summed E-state index contributed by atoms with van der Waals surface area (Å²) < 4.78 is 68.7. The van der Waals surface area contributed by atoms with E-state index < -0.39 is 97.5 Å². The fourth-order valence-electron chi connectivity index (χ4n) is 12.7. The van der Waals surface area contributed by atoms with Crippen LogP contribution in [0.1, 0.15) is 439 Å². The van der Waals surface area contributed by atoms with Crippen LogP contribution in [0.3, 0.4) is 0 Å². The van der Waals surface area contributed by atoms with E-state index in [0.717, 1.165) is 95.8 Å². The van der Waals surface area contributed by atoms with E-state index >= 15 is 0 Å². The Bertz CT molecular complexity index is 1930. The molecule has 0 saturated carbocycles. The highest BCUT2D eigenvalue weighted by Crippen LogP contribution is 2.45. The normalized spacial score (nSPS) is 14.1. The van der Waals surface area contributed by atoms with Crippen LogP contribution in [0.25, 0.3) is 0 Å². The number of ether oxygens (including phenoxy) is 4. The zero-order valence-corrected chi connectivity index (χ0v) is 67.8. The van der Waals surface area contributed by atoms with Crippen LogP contribution in [-0.4, -0.2) is 96.7 Å². The average Bonchev–Trinajstić information content (AvgIpc) is 0.946. The van der Waals surface area contributed by atoms with Crippen molar-refractivity contribution < 1.29 is 80.2 Å². The van der Waals surface area contributed by atoms with E-state index in [1.54, 1.807) is 0 Å². The third kappa shape index (κ3) is 74.7. The average molecular weight is 1480 g/mol. The third-order valence-electron chi connectivity index (χ3n) is 19.6. The topological polar surface area (TPSA) is 237 Å². The summed E-state index contributed by atoms with van der Waals surface area (Å²) in [4.78, 5) is 73.0. The van der Waals surface area contributed by atoms with Crippen LogP contribution in [-0.2, 0) is 65.4 Å². The van der Waals surface area contributed by atoms with Crippen molar-refractivity contribution in [1.29, 1.82) is 0 Å². The van der Waals surface area contributed by atoms with Gasteiger partial charge in [-0.15, -0.1) is 0 Å². The smallest absolute Gasteiger partial charge is 0.462 e. The van der Waals surface area contributed by atoms with Crippen molar-refractivity contribution in [2.75, 3.05) is 39.6 Å². The Morgan fingerprint density at radius 3 is 0.703 bits per heavy atom. The molecule has 0 saturated heterocycles. The predicted octanol–water partition coefficient (Wildman–Crippen LogP) is 24.8. The summed E-state index contributed by atoms with van der Waals surface area (Å²) in [7, 11) is -9.92. The second-order valence-corrected chi connectivity index (χ2v) is 32.7. The molecule has 0 aliphatic carbocycles. The lowest BCUT2D eigenvalue weighted by molar-refractivity contribution is -0.161. The number of carbonyl (C=O) groups is 4. The molecular weight excluding hydrogens is 1320 g/mol. The Labute approximate surface area is 619 Å². The molecule has 3 unspecified atom stereocenters. The molecule has 0 bridgehead atoms. The van der Waals surface area contributed by atoms with Crippen molar-refractivity contribution in [2.24, 2.45) is 5.92 Å². The SMILES string of the molecule is CCCCCCCCCCCCCCCCCCCC(=O)OC[C@H](COP(=O)(O)OC[C@@H](O)COP(=O)(O)OC[C@@H](COC(=O)CCCCCCCCCCC)OC(=O)CCCCCCCCCCCCCCCCCCC)OC(=O)CCCCCCCCCCCCCCCCC(C)CC. The van der Waals surface area contributed by atoms with E-state index in [1.807, 2.05) is 0 Å². The molecule has 3 N–H and O–H groups in total. The second kappa shape index (κ2) is 74.9. The van der Waals surface area contributed by atoms with E-state index in [1.165, 1.54) is 263 Å².